The van der Waals surface area contributed by atoms with Gasteiger partial charge in [0.15, 0.2) is 0 Å². The lowest BCUT2D eigenvalue weighted by atomic mass is 9.94. The molecule has 2 N–H and O–H groups in total. The van der Waals surface area contributed by atoms with Crippen molar-refractivity contribution in [2.75, 3.05) is 0 Å². The predicted octanol–water partition coefficient (Wildman–Crippen LogP) is 1.78. The van der Waals surface area contributed by atoms with Crippen LogP contribution in [0.4, 0.5) is 0 Å². The highest BCUT2D eigenvalue weighted by Gasteiger charge is 2.37. The number of carboxylic acid groups (broad SMARTS) is 1. The lowest BCUT2D eigenvalue weighted by molar-refractivity contribution is -0.155. The molecule has 92 valence electrons. The molecule has 1 saturated heterocycles. The van der Waals surface area contributed by atoms with E-state index in [4.69, 9.17) is 4.74 Å². The van der Waals surface area contributed by atoms with Gasteiger partial charge in [-0.05, 0) is 12.5 Å². The smallest absolute Gasteiger partial charge is 0.321 e. The first-order chi connectivity index (χ1) is 8.09. The first-order valence-electron chi connectivity index (χ1n) is 5.79. The molecule has 0 aromatic heterocycles. The third kappa shape index (κ3) is 2.48. The first kappa shape index (κ1) is 12.1. The van der Waals surface area contributed by atoms with Crippen LogP contribution < -0.4 is 5.32 Å². The fourth-order valence-corrected chi connectivity index (χ4v) is 2.06. The number of carboxylic acids is 1. The summed E-state index contributed by atoms with van der Waals surface area (Å²) in [6.07, 6.45) is -0.425. The van der Waals surface area contributed by atoms with Crippen molar-refractivity contribution in [2.24, 2.45) is 5.92 Å². The summed E-state index contributed by atoms with van der Waals surface area (Å²) in [5, 5.41) is 12.2. The largest absolute Gasteiger partial charge is 0.480 e. The zero-order valence-electron chi connectivity index (χ0n) is 9.96. The molecule has 0 amide bonds. The van der Waals surface area contributed by atoms with Gasteiger partial charge < -0.3 is 9.84 Å². The molecule has 0 aliphatic carbocycles. The van der Waals surface area contributed by atoms with E-state index in [1.54, 1.807) is 0 Å². The average Bonchev–Trinajstić information content (AvgIpc) is 2.33. The van der Waals surface area contributed by atoms with Crippen LogP contribution in [0.15, 0.2) is 30.3 Å². The van der Waals surface area contributed by atoms with Crippen LogP contribution in [0.25, 0.3) is 0 Å². The minimum absolute atomic E-state index is 0.0486. The topological polar surface area (TPSA) is 58.6 Å². The van der Waals surface area contributed by atoms with E-state index in [-0.39, 0.29) is 18.2 Å². The van der Waals surface area contributed by atoms with Crippen LogP contribution in [0.1, 0.15) is 25.6 Å². The lowest BCUT2D eigenvalue weighted by Crippen LogP contribution is -2.53. The number of ether oxygens (including phenoxy) is 1. The van der Waals surface area contributed by atoms with E-state index in [0.717, 1.165) is 5.56 Å². The summed E-state index contributed by atoms with van der Waals surface area (Å²) in [5.41, 5.74) is 0.956. The molecule has 1 aliphatic heterocycles. The van der Waals surface area contributed by atoms with Gasteiger partial charge in [0.2, 0.25) is 0 Å². The molecule has 0 saturated carbocycles. The molecule has 1 heterocycles. The zero-order valence-corrected chi connectivity index (χ0v) is 9.96. The van der Waals surface area contributed by atoms with E-state index in [1.165, 1.54) is 0 Å². The maximum Gasteiger partial charge on any atom is 0.321 e. The second-order valence-electron chi connectivity index (χ2n) is 4.47. The van der Waals surface area contributed by atoms with Crippen molar-refractivity contribution in [1.29, 1.82) is 0 Å². The summed E-state index contributed by atoms with van der Waals surface area (Å²) in [5.74, 6) is -0.874. The van der Waals surface area contributed by atoms with Gasteiger partial charge in [-0.15, -0.1) is 0 Å². The van der Waals surface area contributed by atoms with Crippen LogP contribution in [0.2, 0.25) is 0 Å². The molecule has 4 nitrogen and oxygen atoms in total. The van der Waals surface area contributed by atoms with E-state index in [1.807, 2.05) is 44.2 Å². The molecule has 4 atom stereocenters. The van der Waals surface area contributed by atoms with Crippen molar-refractivity contribution < 1.29 is 14.6 Å². The Hall–Kier alpha value is -1.39. The van der Waals surface area contributed by atoms with Gasteiger partial charge in [-0.3, -0.25) is 10.1 Å². The molecule has 0 spiro atoms. The van der Waals surface area contributed by atoms with Crippen LogP contribution in [-0.4, -0.2) is 23.2 Å². The number of hydrogen-bond donors (Lipinski definition) is 2. The van der Waals surface area contributed by atoms with Crippen LogP contribution in [0, 0.1) is 5.92 Å². The summed E-state index contributed by atoms with van der Waals surface area (Å²) in [7, 11) is 0. The molecular weight excluding hydrogens is 218 g/mol. The highest BCUT2D eigenvalue weighted by atomic mass is 16.5. The number of carbonyl (C=O) groups is 1. The lowest BCUT2D eigenvalue weighted by Gasteiger charge is -2.38. The Kier molecular flexibility index (Phi) is 3.45. The number of hydrogen-bond acceptors (Lipinski definition) is 3. The van der Waals surface area contributed by atoms with Gasteiger partial charge in [0.1, 0.15) is 12.3 Å². The van der Waals surface area contributed by atoms with Gasteiger partial charge in [0.25, 0.3) is 0 Å². The number of benzene rings is 1. The minimum Gasteiger partial charge on any atom is -0.480 e. The molecule has 1 aromatic carbocycles. The van der Waals surface area contributed by atoms with Crippen LogP contribution >= 0.6 is 0 Å². The van der Waals surface area contributed by atoms with Gasteiger partial charge >= 0.3 is 5.97 Å². The van der Waals surface area contributed by atoms with Crippen molar-refractivity contribution in [1.82, 2.24) is 5.32 Å². The van der Waals surface area contributed by atoms with E-state index in [0.29, 0.717) is 0 Å². The fraction of sp³-hybridized carbons (Fsp3) is 0.462. The molecule has 1 fully saturated rings. The third-order valence-electron chi connectivity index (χ3n) is 3.32. The monoisotopic (exact) mass is 235 g/mol. The van der Waals surface area contributed by atoms with Crippen molar-refractivity contribution in [3.05, 3.63) is 35.9 Å². The molecule has 0 radical (unpaired) electrons. The standard InChI is InChI=1S/C13H17NO3/c1-8-9(2)17-12(14-11(8)13(15)16)10-6-4-3-5-7-10/h3-9,11-12,14H,1-2H3,(H,15,16)/t8-,9-,11-,12+/m0/s1. The average molecular weight is 235 g/mol. The molecule has 0 bridgehead atoms. The van der Waals surface area contributed by atoms with Gasteiger partial charge in [0, 0.05) is 5.92 Å². The van der Waals surface area contributed by atoms with Crippen LogP contribution in [0.5, 0.6) is 0 Å². The maximum atomic E-state index is 11.2. The number of rotatable bonds is 2. The van der Waals surface area contributed by atoms with Gasteiger partial charge in [-0.1, -0.05) is 37.3 Å². The second kappa shape index (κ2) is 4.85. The van der Waals surface area contributed by atoms with Gasteiger partial charge in [0.05, 0.1) is 6.10 Å². The van der Waals surface area contributed by atoms with E-state index in [9.17, 15) is 9.90 Å². The van der Waals surface area contributed by atoms with E-state index < -0.39 is 12.0 Å². The number of aliphatic carboxylic acids is 1. The molecule has 2 rings (SSSR count). The third-order valence-corrected chi connectivity index (χ3v) is 3.32. The van der Waals surface area contributed by atoms with Crippen molar-refractivity contribution in [3.8, 4) is 0 Å². The first-order valence-corrected chi connectivity index (χ1v) is 5.79. The SMILES string of the molecule is C[C@H]1[C@H](C)O[C@H](c2ccccc2)N[C@@H]1C(=O)O. The quantitative estimate of drug-likeness (QED) is 0.820. The Morgan fingerprint density at radius 2 is 1.94 bits per heavy atom. The van der Waals surface area contributed by atoms with Crippen LogP contribution in [0.3, 0.4) is 0 Å². The Balaban J connectivity index is 2.19. The zero-order chi connectivity index (χ0) is 12.4. The molecule has 1 aliphatic rings. The summed E-state index contributed by atoms with van der Waals surface area (Å²) >= 11 is 0. The Labute approximate surface area is 101 Å². The van der Waals surface area contributed by atoms with Crippen LogP contribution in [-0.2, 0) is 9.53 Å². The van der Waals surface area contributed by atoms with Crippen molar-refractivity contribution in [2.45, 2.75) is 32.2 Å². The van der Waals surface area contributed by atoms with Crippen molar-refractivity contribution >= 4 is 5.97 Å². The highest BCUT2D eigenvalue weighted by molar-refractivity contribution is 5.74. The molecule has 1 aromatic rings. The predicted molar refractivity (Wildman–Crippen MR) is 63.5 cm³/mol. The highest BCUT2D eigenvalue weighted by Crippen LogP contribution is 2.27. The Morgan fingerprint density at radius 1 is 1.29 bits per heavy atom. The van der Waals surface area contributed by atoms with Gasteiger partial charge in [-0.25, -0.2) is 0 Å². The maximum absolute atomic E-state index is 11.2. The normalized spacial score (nSPS) is 33.3. The number of nitrogens with one attached hydrogen (secondary N) is 1. The Morgan fingerprint density at radius 3 is 2.53 bits per heavy atom. The van der Waals surface area contributed by atoms with Crippen molar-refractivity contribution in [3.63, 3.8) is 0 Å². The summed E-state index contributed by atoms with van der Waals surface area (Å²) in [6, 6.07) is 9.05. The van der Waals surface area contributed by atoms with E-state index >= 15 is 0 Å². The summed E-state index contributed by atoms with van der Waals surface area (Å²) < 4.78 is 5.79. The second-order valence-corrected chi connectivity index (χ2v) is 4.47. The van der Waals surface area contributed by atoms with Gasteiger partial charge in [-0.2, -0.15) is 0 Å². The van der Waals surface area contributed by atoms with E-state index in [2.05, 4.69) is 5.32 Å². The molecule has 0 unspecified atom stereocenters. The molecule has 17 heavy (non-hydrogen) atoms. The molecular formula is C13H17NO3. The summed E-state index contributed by atoms with van der Waals surface area (Å²) in [4.78, 5) is 11.2. The molecule has 4 heteroatoms. The Bertz CT molecular complexity index is 393. The minimum atomic E-state index is -0.825. The summed E-state index contributed by atoms with van der Waals surface area (Å²) in [6.45, 7) is 3.80. The fourth-order valence-electron chi connectivity index (χ4n) is 2.06.